The zero-order valence-electron chi connectivity index (χ0n) is 10.1. The molecule has 1 aromatic heterocycles. The lowest BCUT2D eigenvalue weighted by molar-refractivity contribution is 0.413. The summed E-state index contributed by atoms with van der Waals surface area (Å²) in [7, 11) is 1.58. The number of hydrogen-bond acceptors (Lipinski definition) is 3. The minimum absolute atomic E-state index is 0.477. The molecule has 0 aliphatic heterocycles. The van der Waals surface area contributed by atoms with Crippen molar-refractivity contribution in [1.82, 2.24) is 4.98 Å². The maximum Gasteiger partial charge on any atom is 0.134 e. The van der Waals surface area contributed by atoms with Crippen LogP contribution in [0.2, 0.25) is 5.02 Å². The molecule has 0 fully saturated rings. The van der Waals surface area contributed by atoms with Crippen molar-refractivity contribution in [1.29, 1.82) is 5.26 Å². The zero-order valence-corrected chi connectivity index (χ0v) is 10.9. The summed E-state index contributed by atoms with van der Waals surface area (Å²) in [5.74, 6) is 6.55. The number of halogens is 1. The van der Waals surface area contributed by atoms with Crippen LogP contribution in [0.15, 0.2) is 36.7 Å². The van der Waals surface area contributed by atoms with Crippen molar-refractivity contribution in [3.8, 4) is 23.7 Å². The first kappa shape index (κ1) is 13.0. The number of hydrogen-bond donors (Lipinski definition) is 0. The van der Waals surface area contributed by atoms with E-state index in [9.17, 15) is 0 Å². The Morgan fingerprint density at radius 2 is 1.95 bits per heavy atom. The first-order valence-electron chi connectivity index (χ1n) is 5.43. The third kappa shape index (κ3) is 3.25. The van der Waals surface area contributed by atoms with Crippen molar-refractivity contribution in [2.45, 2.75) is 0 Å². The molecule has 1 heterocycles. The largest absolute Gasteiger partial charge is 0.495 e. The summed E-state index contributed by atoms with van der Waals surface area (Å²) in [5.41, 5.74) is 1.84. The van der Waals surface area contributed by atoms with Crippen LogP contribution >= 0.6 is 11.6 Å². The summed E-state index contributed by atoms with van der Waals surface area (Å²) in [6, 6.07) is 8.93. The van der Waals surface area contributed by atoms with Gasteiger partial charge >= 0.3 is 0 Å². The summed E-state index contributed by atoms with van der Waals surface area (Å²) < 4.78 is 5.20. The molecular formula is C15H9ClN2O. The molecule has 3 nitrogen and oxygen atoms in total. The minimum Gasteiger partial charge on any atom is -0.495 e. The number of benzene rings is 1. The average molecular weight is 269 g/mol. The van der Waals surface area contributed by atoms with E-state index in [0.717, 1.165) is 0 Å². The molecule has 0 radical (unpaired) electrons. The molecule has 2 aromatic rings. The summed E-state index contributed by atoms with van der Waals surface area (Å²) >= 11 is 5.92. The van der Waals surface area contributed by atoms with Crippen LogP contribution in [-0.2, 0) is 0 Å². The highest BCUT2D eigenvalue weighted by Gasteiger charge is 2.00. The van der Waals surface area contributed by atoms with E-state index in [0.29, 0.717) is 27.5 Å². The van der Waals surface area contributed by atoms with Crippen LogP contribution < -0.4 is 4.74 Å². The zero-order chi connectivity index (χ0) is 13.7. The first-order valence-corrected chi connectivity index (χ1v) is 5.81. The number of ether oxygens (including phenoxy) is 1. The van der Waals surface area contributed by atoms with E-state index in [1.807, 2.05) is 6.07 Å². The fourth-order valence-electron chi connectivity index (χ4n) is 1.49. The van der Waals surface area contributed by atoms with Gasteiger partial charge in [-0.1, -0.05) is 23.4 Å². The highest BCUT2D eigenvalue weighted by molar-refractivity contribution is 6.30. The van der Waals surface area contributed by atoms with Gasteiger partial charge in [-0.15, -0.1) is 0 Å². The lowest BCUT2D eigenvalue weighted by atomic mass is 10.1. The second-order valence-electron chi connectivity index (χ2n) is 3.67. The number of rotatable bonds is 1. The van der Waals surface area contributed by atoms with Crippen LogP contribution in [0.4, 0.5) is 0 Å². The molecule has 4 heteroatoms. The molecule has 19 heavy (non-hydrogen) atoms. The van der Waals surface area contributed by atoms with Gasteiger partial charge in [0.15, 0.2) is 0 Å². The number of aromatic nitrogens is 1. The summed E-state index contributed by atoms with van der Waals surface area (Å²) in [4.78, 5) is 3.95. The Balaban J connectivity index is 2.38. The minimum atomic E-state index is 0.477. The second kappa shape index (κ2) is 5.91. The van der Waals surface area contributed by atoms with E-state index in [4.69, 9.17) is 21.6 Å². The summed E-state index contributed by atoms with van der Waals surface area (Å²) in [6.07, 6.45) is 3.09. The van der Waals surface area contributed by atoms with Gasteiger partial charge in [-0.05, 0) is 24.3 Å². The Labute approximate surface area is 116 Å². The molecule has 0 saturated carbocycles. The molecule has 0 bridgehead atoms. The number of nitrogens with zero attached hydrogens (tertiary/aromatic N) is 2. The van der Waals surface area contributed by atoms with Crippen LogP contribution in [-0.4, -0.2) is 12.1 Å². The van der Waals surface area contributed by atoms with Crippen molar-refractivity contribution < 1.29 is 4.74 Å². The van der Waals surface area contributed by atoms with Crippen LogP contribution in [0, 0.1) is 23.2 Å². The van der Waals surface area contributed by atoms with E-state index in [1.165, 1.54) is 6.20 Å². The molecule has 92 valence electrons. The quantitative estimate of drug-likeness (QED) is 0.747. The fraction of sp³-hybridized carbons (Fsp3) is 0.0667. The van der Waals surface area contributed by atoms with Crippen molar-refractivity contribution in [3.05, 3.63) is 58.4 Å². The molecule has 2 rings (SSSR count). The van der Waals surface area contributed by atoms with Gasteiger partial charge in [0.25, 0.3) is 0 Å². The van der Waals surface area contributed by atoms with Crippen molar-refractivity contribution in [2.75, 3.05) is 7.11 Å². The van der Waals surface area contributed by atoms with Gasteiger partial charge in [0, 0.05) is 23.0 Å². The van der Waals surface area contributed by atoms with E-state index >= 15 is 0 Å². The Kier molecular flexibility index (Phi) is 4.03. The van der Waals surface area contributed by atoms with E-state index < -0.39 is 0 Å². The van der Waals surface area contributed by atoms with Gasteiger partial charge in [-0.3, -0.25) is 4.98 Å². The molecule has 0 aliphatic rings. The fourth-order valence-corrected chi connectivity index (χ4v) is 1.66. The standard InChI is InChI=1S/C15H9ClN2O/c1-19-15-5-4-14(16)7-13(15)3-2-11-6-12(8-17)10-18-9-11/h4-7,9-10H,1H3. The Morgan fingerprint density at radius 3 is 2.68 bits per heavy atom. The predicted molar refractivity (Wildman–Crippen MR) is 72.9 cm³/mol. The normalized spacial score (nSPS) is 9.11. The lowest BCUT2D eigenvalue weighted by Gasteiger charge is -2.02. The van der Waals surface area contributed by atoms with Gasteiger partial charge in [0.2, 0.25) is 0 Å². The Morgan fingerprint density at radius 1 is 1.16 bits per heavy atom. The second-order valence-corrected chi connectivity index (χ2v) is 4.11. The SMILES string of the molecule is COc1ccc(Cl)cc1C#Cc1cncc(C#N)c1. The topological polar surface area (TPSA) is 45.9 Å². The molecule has 0 spiro atoms. The molecule has 0 unspecified atom stereocenters. The van der Waals surface area contributed by atoms with Gasteiger partial charge < -0.3 is 4.74 Å². The van der Waals surface area contributed by atoms with E-state index in [2.05, 4.69) is 16.8 Å². The van der Waals surface area contributed by atoms with Gasteiger partial charge in [0.05, 0.1) is 18.2 Å². The van der Waals surface area contributed by atoms with E-state index in [-0.39, 0.29) is 0 Å². The maximum atomic E-state index is 8.79. The molecule has 0 saturated heterocycles. The van der Waals surface area contributed by atoms with Crippen molar-refractivity contribution >= 4 is 11.6 Å². The van der Waals surface area contributed by atoms with Crippen LogP contribution in [0.25, 0.3) is 0 Å². The smallest absolute Gasteiger partial charge is 0.134 e. The highest BCUT2D eigenvalue weighted by Crippen LogP contribution is 2.21. The molecular weight excluding hydrogens is 260 g/mol. The number of nitriles is 1. The average Bonchev–Trinajstić information content (AvgIpc) is 2.45. The van der Waals surface area contributed by atoms with Crippen LogP contribution in [0.5, 0.6) is 5.75 Å². The third-order valence-electron chi connectivity index (χ3n) is 2.37. The van der Waals surface area contributed by atoms with Crippen LogP contribution in [0.1, 0.15) is 16.7 Å². The van der Waals surface area contributed by atoms with E-state index in [1.54, 1.807) is 37.6 Å². The molecule has 0 atom stereocenters. The van der Waals surface area contributed by atoms with Gasteiger partial charge in [-0.2, -0.15) is 5.26 Å². The first-order chi connectivity index (χ1) is 9.22. The predicted octanol–water partition coefficient (Wildman–Crippen LogP) is 3.02. The van der Waals surface area contributed by atoms with Gasteiger partial charge in [0.1, 0.15) is 11.8 Å². The lowest BCUT2D eigenvalue weighted by Crippen LogP contribution is -1.88. The third-order valence-corrected chi connectivity index (χ3v) is 2.61. The Hall–Kier alpha value is -2.49. The maximum absolute atomic E-state index is 8.79. The summed E-state index contributed by atoms with van der Waals surface area (Å²) in [6.45, 7) is 0. The molecule has 0 N–H and O–H groups in total. The van der Waals surface area contributed by atoms with Crippen molar-refractivity contribution in [2.24, 2.45) is 0 Å². The number of pyridine rings is 1. The summed E-state index contributed by atoms with van der Waals surface area (Å²) in [5, 5.41) is 9.38. The Bertz CT molecular complexity index is 708. The molecule has 0 aliphatic carbocycles. The highest BCUT2D eigenvalue weighted by atomic mass is 35.5. The number of methoxy groups -OCH3 is 1. The monoisotopic (exact) mass is 268 g/mol. The molecule has 1 aromatic carbocycles. The van der Waals surface area contributed by atoms with Gasteiger partial charge in [-0.25, -0.2) is 0 Å². The van der Waals surface area contributed by atoms with Crippen LogP contribution in [0.3, 0.4) is 0 Å². The van der Waals surface area contributed by atoms with Crippen molar-refractivity contribution in [3.63, 3.8) is 0 Å². The molecule has 0 amide bonds.